The molecule has 1 fully saturated rings. The SMILES string of the molecule is O=C(OCc1nc(-c2ccc(Cl)cc2)no1)c1cccnc1N1CCCC1. The van der Waals surface area contributed by atoms with Gasteiger partial charge in [-0.2, -0.15) is 4.98 Å². The summed E-state index contributed by atoms with van der Waals surface area (Å²) in [6, 6.07) is 10.5. The Kier molecular flexibility index (Phi) is 5.02. The van der Waals surface area contributed by atoms with Gasteiger partial charge in [0.25, 0.3) is 5.89 Å². The number of carbonyl (C=O) groups excluding carboxylic acids is 1. The lowest BCUT2D eigenvalue weighted by atomic mass is 10.2. The molecule has 2 aromatic heterocycles. The molecule has 0 bridgehead atoms. The number of aromatic nitrogens is 3. The first-order valence-corrected chi connectivity index (χ1v) is 9.04. The first-order chi connectivity index (χ1) is 13.2. The van der Waals surface area contributed by atoms with Gasteiger partial charge in [-0.05, 0) is 49.2 Å². The van der Waals surface area contributed by atoms with Crippen LogP contribution < -0.4 is 4.90 Å². The molecule has 3 heterocycles. The predicted octanol–water partition coefficient (Wildman–Crippen LogP) is 3.74. The molecule has 27 heavy (non-hydrogen) atoms. The van der Waals surface area contributed by atoms with Crippen LogP contribution in [0.2, 0.25) is 5.02 Å². The molecule has 0 unspecified atom stereocenters. The highest BCUT2D eigenvalue weighted by atomic mass is 35.5. The van der Waals surface area contributed by atoms with Crippen molar-refractivity contribution in [3.63, 3.8) is 0 Å². The average Bonchev–Trinajstić information content (AvgIpc) is 3.39. The summed E-state index contributed by atoms with van der Waals surface area (Å²) in [6.45, 7) is 1.69. The topological polar surface area (TPSA) is 81.3 Å². The molecule has 138 valence electrons. The second-order valence-electron chi connectivity index (χ2n) is 6.16. The molecule has 0 aliphatic carbocycles. The van der Waals surface area contributed by atoms with Gasteiger partial charge in [-0.25, -0.2) is 9.78 Å². The third-order valence-electron chi connectivity index (χ3n) is 4.31. The maximum Gasteiger partial charge on any atom is 0.342 e. The van der Waals surface area contributed by atoms with E-state index in [1.54, 1.807) is 42.6 Å². The van der Waals surface area contributed by atoms with Crippen LogP contribution in [0.25, 0.3) is 11.4 Å². The molecule has 7 nitrogen and oxygen atoms in total. The normalized spacial score (nSPS) is 13.7. The minimum absolute atomic E-state index is 0.103. The van der Waals surface area contributed by atoms with Crippen molar-refractivity contribution in [2.45, 2.75) is 19.4 Å². The maximum absolute atomic E-state index is 12.5. The molecule has 4 rings (SSSR count). The van der Waals surface area contributed by atoms with Crippen LogP contribution in [0.4, 0.5) is 5.82 Å². The van der Waals surface area contributed by atoms with Crippen molar-refractivity contribution < 1.29 is 14.1 Å². The van der Waals surface area contributed by atoms with Crippen molar-refractivity contribution in [1.29, 1.82) is 0 Å². The molecule has 8 heteroatoms. The van der Waals surface area contributed by atoms with Crippen molar-refractivity contribution in [2.24, 2.45) is 0 Å². The van der Waals surface area contributed by atoms with E-state index in [2.05, 4.69) is 20.0 Å². The highest BCUT2D eigenvalue weighted by molar-refractivity contribution is 6.30. The van der Waals surface area contributed by atoms with Crippen LogP contribution in [0.5, 0.6) is 0 Å². The summed E-state index contributed by atoms with van der Waals surface area (Å²) in [7, 11) is 0. The van der Waals surface area contributed by atoms with Gasteiger partial charge in [-0.3, -0.25) is 0 Å². The Morgan fingerprint density at radius 1 is 1.19 bits per heavy atom. The van der Waals surface area contributed by atoms with E-state index in [9.17, 15) is 4.79 Å². The third-order valence-corrected chi connectivity index (χ3v) is 4.56. The Balaban J connectivity index is 1.44. The summed E-state index contributed by atoms with van der Waals surface area (Å²) in [4.78, 5) is 23.2. The van der Waals surface area contributed by atoms with Crippen LogP contribution in [-0.2, 0) is 11.3 Å². The molecule has 1 aliphatic heterocycles. The van der Waals surface area contributed by atoms with Gasteiger partial charge in [0, 0.05) is 29.9 Å². The lowest BCUT2D eigenvalue weighted by Crippen LogP contribution is -2.22. The number of benzene rings is 1. The predicted molar refractivity (Wildman–Crippen MR) is 99.5 cm³/mol. The van der Waals surface area contributed by atoms with E-state index in [1.807, 2.05) is 0 Å². The van der Waals surface area contributed by atoms with Gasteiger partial charge >= 0.3 is 5.97 Å². The van der Waals surface area contributed by atoms with Crippen molar-refractivity contribution in [3.8, 4) is 11.4 Å². The summed E-state index contributed by atoms with van der Waals surface area (Å²) in [6.07, 6.45) is 3.88. The number of pyridine rings is 1. The van der Waals surface area contributed by atoms with E-state index in [0.29, 0.717) is 22.2 Å². The number of nitrogens with zero attached hydrogens (tertiary/aromatic N) is 4. The summed E-state index contributed by atoms with van der Waals surface area (Å²) < 4.78 is 10.5. The Bertz CT molecular complexity index is 936. The number of rotatable bonds is 5. The molecule has 1 saturated heterocycles. The van der Waals surface area contributed by atoms with E-state index in [4.69, 9.17) is 20.9 Å². The monoisotopic (exact) mass is 384 g/mol. The van der Waals surface area contributed by atoms with Crippen LogP contribution in [0.15, 0.2) is 47.1 Å². The number of anilines is 1. The van der Waals surface area contributed by atoms with Gasteiger partial charge in [-0.15, -0.1) is 0 Å². The van der Waals surface area contributed by atoms with E-state index in [0.717, 1.165) is 31.5 Å². The van der Waals surface area contributed by atoms with Gasteiger partial charge in [0.05, 0.1) is 0 Å². The van der Waals surface area contributed by atoms with Crippen molar-refractivity contribution in [1.82, 2.24) is 15.1 Å². The second-order valence-corrected chi connectivity index (χ2v) is 6.60. The zero-order valence-corrected chi connectivity index (χ0v) is 15.2. The molecular weight excluding hydrogens is 368 g/mol. The molecule has 0 saturated carbocycles. The number of hydrogen-bond acceptors (Lipinski definition) is 7. The van der Waals surface area contributed by atoms with Crippen LogP contribution in [0, 0.1) is 0 Å². The van der Waals surface area contributed by atoms with Crippen molar-refractivity contribution >= 4 is 23.4 Å². The molecule has 1 aliphatic rings. The summed E-state index contributed by atoms with van der Waals surface area (Å²) in [5.74, 6) is 0.834. The van der Waals surface area contributed by atoms with Gasteiger partial charge in [-0.1, -0.05) is 16.8 Å². The van der Waals surface area contributed by atoms with Gasteiger partial charge in [0.15, 0.2) is 6.61 Å². The minimum Gasteiger partial charge on any atom is -0.452 e. The molecule has 0 N–H and O–H groups in total. The molecular formula is C19H17ClN4O3. The molecule has 1 aromatic carbocycles. The number of hydrogen-bond donors (Lipinski definition) is 0. The van der Waals surface area contributed by atoms with E-state index in [-0.39, 0.29) is 12.5 Å². The van der Waals surface area contributed by atoms with Crippen LogP contribution in [0.1, 0.15) is 29.1 Å². The van der Waals surface area contributed by atoms with E-state index >= 15 is 0 Å². The maximum atomic E-state index is 12.5. The van der Waals surface area contributed by atoms with Crippen LogP contribution in [0.3, 0.4) is 0 Å². The van der Waals surface area contributed by atoms with Crippen LogP contribution in [-0.4, -0.2) is 34.2 Å². The van der Waals surface area contributed by atoms with Crippen molar-refractivity contribution in [2.75, 3.05) is 18.0 Å². The first-order valence-electron chi connectivity index (χ1n) is 8.66. The fourth-order valence-corrected chi connectivity index (χ4v) is 3.10. The number of ether oxygens (including phenoxy) is 1. The number of halogens is 1. The fourth-order valence-electron chi connectivity index (χ4n) is 2.97. The fraction of sp³-hybridized carbons (Fsp3) is 0.263. The molecule has 0 spiro atoms. The Morgan fingerprint density at radius 3 is 2.74 bits per heavy atom. The molecule has 3 aromatic rings. The largest absolute Gasteiger partial charge is 0.452 e. The van der Waals surface area contributed by atoms with E-state index < -0.39 is 5.97 Å². The summed E-state index contributed by atoms with van der Waals surface area (Å²) >= 11 is 5.88. The summed E-state index contributed by atoms with van der Waals surface area (Å²) in [5.41, 5.74) is 1.21. The minimum atomic E-state index is -0.462. The standard InChI is InChI=1S/C19H17ClN4O3/c20-14-7-5-13(6-8-14)17-22-16(27-23-17)12-26-19(25)15-4-3-9-21-18(15)24-10-1-2-11-24/h3-9H,1-2,10-12H2. The lowest BCUT2D eigenvalue weighted by molar-refractivity contribution is 0.0430. The summed E-state index contributed by atoms with van der Waals surface area (Å²) in [5, 5.41) is 4.53. The Morgan fingerprint density at radius 2 is 1.96 bits per heavy atom. The average molecular weight is 385 g/mol. The van der Waals surface area contributed by atoms with Crippen LogP contribution >= 0.6 is 11.6 Å². The van der Waals surface area contributed by atoms with Gasteiger partial charge in [0.1, 0.15) is 11.4 Å². The highest BCUT2D eigenvalue weighted by Crippen LogP contribution is 2.23. The lowest BCUT2D eigenvalue weighted by Gasteiger charge is -2.18. The zero-order valence-electron chi connectivity index (χ0n) is 14.5. The van der Waals surface area contributed by atoms with Crippen molar-refractivity contribution in [3.05, 3.63) is 59.1 Å². The van der Waals surface area contributed by atoms with Gasteiger partial charge < -0.3 is 14.2 Å². The Labute approximate surface area is 160 Å². The van der Waals surface area contributed by atoms with E-state index in [1.165, 1.54) is 0 Å². The quantitative estimate of drug-likeness (QED) is 0.619. The number of esters is 1. The molecule has 0 atom stereocenters. The zero-order chi connectivity index (χ0) is 18.6. The first kappa shape index (κ1) is 17.5. The highest BCUT2D eigenvalue weighted by Gasteiger charge is 2.22. The number of carbonyl (C=O) groups is 1. The molecule has 0 radical (unpaired) electrons. The van der Waals surface area contributed by atoms with Gasteiger partial charge in [0.2, 0.25) is 5.82 Å². The second kappa shape index (κ2) is 7.75. The smallest absolute Gasteiger partial charge is 0.342 e. The molecule has 0 amide bonds. The Hall–Kier alpha value is -2.93. The third kappa shape index (κ3) is 3.93.